The lowest BCUT2D eigenvalue weighted by molar-refractivity contribution is 0.618. The molecule has 3 nitrogen and oxygen atoms in total. The summed E-state index contributed by atoms with van der Waals surface area (Å²) in [7, 11) is 0. The lowest BCUT2D eigenvalue weighted by Gasteiger charge is -2.01. The molecule has 0 unspecified atom stereocenters. The molecule has 1 heterocycles. The Labute approximate surface area is 112 Å². The molecule has 0 bridgehead atoms. The van der Waals surface area contributed by atoms with Gasteiger partial charge in [-0.25, -0.2) is 9.37 Å². The summed E-state index contributed by atoms with van der Waals surface area (Å²) in [6, 6.07) is 5.24. The number of halogens is 1. The molecule has 0 amide bonds. The SMILES string of the molecule is Cc1ccc(-c2cnc(CNCC3CC3)[nH]2)cc1F. The van der Waals surface area contributed by atoms with E-state index in [1.54, 1.807) is 25.3 Å². The van der Waals surface area contributed by atoms with Gasteiger partial charge < -0.3 is 10.3 Å². The third-order valence-electron chi connectivity index (χ3n) is 3.53. The first-order valence-corrected chi connectivity index (χ1v) is 6.73. The van der Waals surface area contributed by atoms with E-state index in [0.29, 0.717) is 5.56 Å². The second-order valence-corrected chi connectivity index (χ2v) is 5.28. The van der Waals surface area contributed by atoms with E-state index in [1.165, 1.54) is 12.8 Å². The van der Waals surface area contributed by atoms with Crippen LogP contribution in [0.1, 0.15) is 24.2 Å². The number of rotatable bonds is 5. The summed E-state index contributed by atoms with van der Waals surface area (Å²) in [5.41, 5.74) is 2.36. The predicted octanol–water partition coefficient (Wildman–Crippen LogP) is 3.02. The number of benzene rings is 1. The quantitative estimate of drug-likeness (QED) is 0.866. The standard InChI is InChI=1S/C15H18FN3/c1-10-2-5-12(6-13(10)16)14-8-18-15(19-14)9-17-7-11-3-4-11/h2,5-6,8,11,17H,3-4,7,9H2,1H3,(H,18,19). The molecule has 4 heteroatoms. The van der Waals surface area contributed by atoms with Crippen LogP contribution in [-0.2, 0) is 6.54 Å². The number of aromatic nitrogens is 2. The van der Waals surface area contributed by atoms with Crippen molar-refractivity contribution >= 4 is 0 Å². The number of hydrogen-bond acceptors (Lipinski definition) is 2. The summed E-state index contributed by atoms with van der Waals surface area (Å²) in [5, 5.41) is 3.38. The first-order valence-electron chi connectivity index (χ1n) is 6.73. The van der Waals surface area contributed by atoms with Crippen LogP contribution in [0.3, 0.4) is 0 Å². The van der Waals surface area contributed by atoms with Crippen molar-refractivity contribution in [1.82, 2.24) is 15.3 Å². The maximum Gasteiger partial charge on any atom is 0.126 e. The summed E-state index contributed by atoms with van der Waals surface area (Å²) >= 11 is 0. The lowest BCUT2D eigenvalue weighted by atomic mass is 10.1. The summed E-state index contributed by atoms with van der Waals surface area (Å²) < 4.78 is 13.5. The molecule has 1 aromatic carbocycles. The third-order valence-corrected chi connectivity index (χ3v) is 3.53. The van der Waals surface area contributed by atoms with Crippen molar-refractivity contribution in [3.05, 3.63) is 41.6 Å². The zero-order valence-corrected chi connectivity index (χ0v) is 11.0. The monoisotopic (exact) mass is 259 g/mol. The van der Waals surface area contributed by atoms with Gasteiger partial charge in [0.1, 0.15) is 11.6 Å². The fourth-order valence-corrected chi connectivity index (χ4v) is 2.08. The highest BCUT2D eigenvalue weighted by Gasteiger charge is 2.20. The summed E-state index contributed by atoms with van der Waals surface area (Å²) in [4.78, 5) is 7.55. The fraction of sp³-hybridized carbons (Fsp3) is 0.400. The molecule has 0 aliphatic heterocycles. The number of aryl methyl sites for hydroxylation is 1. The normalized spacial score (nSPS) is 14.8. The van der Waals surface area contributed by atoms with Crippen LogP contribution in [0.4, 0.5) is 4.39 Å². The molecule has 0 atom stereocenters. The Morgan fingerprint density at radius 2 is 2.26 bits per heavy atom. The van der Waals surface area contributed by atoms with Crippen LogP contribution >= 0.6 is 0 Å². The predicted molar refractivity (Wildman–Crippen MR) is 73.1 cm³/mol. The van der Waals surface area contributed by atoms with E-state index in [1.807, 2.05) is 6.07 Å². The van der Waals surface area contributed by atoms with Crippen LogP contribution in [0.25, 0.3) is 11.3 Å². The van der Waals surface area contributed by atoms with E-state index in [9.17, 15) is 4.39 Å². The van der Waals surface area contributed by atoms with Crippen LogP contribution in [0, 0.1) is 18.7 Å². The number of imidazole rings is 1. The molecule has 19 heavy (non-hydrogen) atoms. The Balaban J connectivity index is 1.67. The highest BCUT2D eigenvalue weighted by molar-refractivity contribution is 5.59. The topological polar surface area (TPSA) is 40.7 Å². The molecule has 1 aliphatic rings. The van der Waals surface area contributed by atoms with Crippen LogP contribution in [0.2, 0.25) is 0 Å². The third kappa shape index (κ3) is 3.01. The van der Waals surface area contributed by atoms with Crippen molar-refractivity contribution in [3.8, 4) is 11.3 Å². The van der Waals surface area contributed by atoms with Gasteiger partial charge in [-0.2, -0.15) is 0 Å². The van der Waals surface area contributed by atoms with E-state index in [0.717, 1.165) is 36.1 Å². The molecule has 1 saturated carbocycles. The van der Waals surface area contributed by atoms with Crippen molar-refractivity contribution in [2.75, 3.05) is 6.54 Å². The molecule has 1 aromatic heterocycles. The molecule has 3 rings (SSSR count). The highest BCUT2D eigenvalue weighted by Crippen LogP contribution is 2.27. The largest absolute Gasteiger partial charge is 0.341 e. The van der Waals surface area contributed by atoms with Gasteiger partial charge in [0.2, 0.25) is 0 Å². The first kappa shape index (κ1) is 12.4. The molecular weight excluding hydrogens is 241 g/mol. The minimum atomic E-state index is -0.180. The summed E-state index contributed by atoms with van der Waals surface area (Å²) in [5.74, 6) is 1.58. The van der Waals surface area contributed by atoms with Gasteiger partial charge in [0.25, 0.3) is 0 Å². The van der Waals surface area contributed by atoms with E-state index in [2.05, 4.69) is 15.3 Å². The Kier molecular flexibility index (Phi) is 3.34. The summed E-state index contributed by atoms with van der Waals surface area (Å²) in [6.45, 7) is 3.57. The number of hydrogen-bond donors (Lipinski definition) is 2. The van der Waals surface area contributed by atoms with Gasteiger partial charge >= 0.3 is 0 Å². The van der Waals surface area contributed by atoms with Gasteiger partial charge in [-0.05, 0) is 43.9 Å². The Morgan fingerprint density at radius 1 is 1.42 bits per heavy atom. The smallest absolute Gasteiger partial charge is 0.126 e. The first-order chi connectivity index (χ1) is 9.22. The van der Waals surface area contributed by atoms with Crippen LogP contribution in [-0.4, -0.2) is 16.5 Å². The maximum atomic E-state index is 13.5. The number of nitrogens with zero attached hydrogens (tertiary/aromatic N) is 1. The summed E-state index contributed by atoms with van der Waals surface area (Å²) in [6.07, 6.45) is 4.45. The van der Waals surface area contributed by atoms with Crippen molar-refractivity contribution in [2.24, 2.45) is 5.92 Å². The van der Waals surface area contributed by atoms with E-state index in [4.69, 9.17) is 0 Å². The number of aromatic amines is 1. The number of H-pyrrole nitrogens is 1. The second kappa shape index (κ2) is 5.13. The van der Waals surface area contributed by atoms with Crippen molar-refractivity contribution < 1.29 is 4.39 Å². The Bertz CT molecular complexity index is 573. The Morgan fingerprint density at radius 3 is 3.00 bits per heavy atom. The second-order valence-electron chi connectivity index (χ2n) is 5.28. The lowest BCUT2D eigenvalue weighted by Crippen LogP contribution is -2.16. The molecule has 0 saturated heterocycles. The highest BCUT2D eigenvalue weighted by atomic mass is 19.1. The molecule has 0 radical (unpaired) electrons. The molecular formula is C15H18FN3. The minimum Gasteiger partial charge on any atom is -0.341 e. The van der Waals surface area contributed by atoms with E-state index >= 15 is 0 Å². The average molecular weight is 259 g/mol. The van der Waals surface area contributed by atoms with Crippen molar-refractivity contribution in [1.29, 1.82) is 0 Å². The molecule has 0 spiro atoms. The van der Waals surface area contributed by atoms with E-state index in [-0.39, 0.29) is 5.82 Å². The van der Waals surface area contributed by atoms with Gasteiger partial charge in [0.05, 0.1) is 18.4 Å². The average Bonchev–Trinajstić information content (AvgIpc) is 3.10. The Hall–Kier alpha value is -1.68. The molecule has 1 fully saturated rings. The van der Waals surface area contributed by atoms with Gasteiger partial charge in [-0.3, -0.25) is 0 Å². The van der Waals surface area contributed by atoms with Gasteiger partial charge in [-0.15, -0.1) is 0 Å². The van der Waals surface area contributed by atoms with Crippen molar-refractivity contribution in [2.45, 2.75) is 26.3 Å². The number of nitrogens with one attached hydrogen (secondary N) is 2. The minimum absolute atomic E-state index is 0.180. The molecule has 2 aromatic rings. The van der Waals surface area contributed by atoms with Crippen LogP contribution in [0.15, 0.2) is 24.4 Å². The molecule has 2 N–H and O–H groups in total. The van der Waals surface area contributed by atoms with Gasteiger partial charge in [0.15, 0.2) is 0 Å². The van der Waals surface area contributed by atoms with Crippen LogP contribution in [0.5, 0.6) is 0 Å². The zero-order valence-electron chi connectivity index (χ0n) is 11.0. The zero-order chi connectivity index (χ0) is 13.2. The van der Waals surface area contributed by atoms with Crippen LogP contribution < -0.4 is 5.32 Å². The van der Waals surface area contributed by atoms with Gasteiger partial charge in [0, 0.05) is 5.56 Å². The van der Waals surface area contributed by atoms with Crippen molar-refractivity contribution in [3.63, 3.8) is 0 Å². The van der Waals surface area contributed by atoms with E-state index < -0.39 is 0 Å². The molecule has 1 aliphatic carbocycles. The molecule has 100 valence electrons. The maximum absolute atomic E-state index is 13.5. The van der Waals surface area contributed by atoms with Gasteiger partial charge in [-0.1, -0.05) is 12.1 Å². The fourth-order valence-electron chi connectivity index (χ4n) is 2.08.